The lowest BCUT2D eigenvalue weighted by atomic mass is 10.1. The Morgan fingerprint density at radius 1 is 1.20 bits per heavy atom. The zero-order chi connectivity index (χ0) is 15.3. The van der Waals surface area contributed by atoms with E-state index in [-0.39, 0.29) is 0 Å². The molecule has 2 nitrogen and oxygen atoms in total. The molecule has 0 saturated heterocycles. The van der Waals surface area contributed by atoms with Crippen molar-refractivity contribution in [3.63, 3.8) is 0 Å². The van der Waals surface area contributed by atoms with Gasteiger partial charge in [0, 0.05) is 23.2 Å². The minimum absolute atomic E-state index is 0.324. The molecule has 0 heterocycles. The summed E-state index contributed by atoms with van der Waals surface area (Å²) in [5.41, 5.74) is 3.10. The van der Waals surface area contributed by atoms with Crippen LogP contribution in [0.4, 0.5) is 13.2 Å². The standard InChI is InChI=1S/C14H20F3IN2/c1-10-7-13(18)11(2)6-12(10)8-20(5-4-19-3)9-14(15,16)17/h6-7,19H,4-5,8-9H2,1-3H3. The first-order chi connectivity index (χ1) is 9.23. The van der Waals surface area contributed by atoms with Crippen LogP contribution in [0.3, 0.4) is 0 Å². The normalized spacial score (nSPS) is 12.2. The first-order valence-corrected chi connectivity index (χ1v) is 7.50. The molecule has 0 bridgehead atoms. The molecule has 0 spiro atoms. The van der Waals surface area contributed by atoms with Crippen molar-refractivity contribution in [2.75, 3.05) is 26.7 Å². The summed E-state index contributed by atoms with van der Waals surface area (Å²) in [7, 11) is 1.74. The molecule has 0 atom stereocenters. The van der Waals surface area contributed by atoms with E-state index in [2.05, 4.69) is 27.9 Å². The van der Waals surface area contributed by atoms with Crippen LogP contribution in [0, 0.1) is 17.4 Å². The fourth-order valence-electron chi connectivity index (χ4n) is 1.99. The van der Waals surface area contributed by atoms with Gasteiger partial charge >= 0.3 is 6.18 Å². The molecule has 0 aliphatic heterocycles. The number of hydrogen-bond donors (Lipinski definition) is 1. The zero-order valence-electron chi connectivity index (χ0n) is 11.9. The molecule has 0 amide bonds. The van der Waals surface area contributed by atoms with E-state index in [0.29, 0.717) is 19.6 Å². The van der Waals surface area contributed by atoms with Gasteiger partial charge in [0.25, 0.3) is 0 Å². The molecule has 20 heavy (non-hydrogen) atoms. The lowest BCUT2D eigenvalue weighted by Gasteiger charge is -2.24. The van der Waals surface area contributed by atoms with E-state index in [1.54, 1.807) is 7.05 Å². The van der Waals surface area contributed by atoms with Gasteiger partial charge in [0.1, 0.15) is 0 Å². The zero-order valence-corrected chi connectivity index (χ0v) is 14.1. The molecule has 1 aromatic carbocycles. The molecule has 0 aromatic heterocycles. The van der Waals surface area contributed by atoms with Gasteiger partial charge in [-0.15, -0.1) is 0 Å². The fourth-order valence-corrected chi connectivity index (χ4v) is 2.61. The third-order valence-corrected chi connectivity index (χ3v) is 4.25. The summed E-state index contributed by atoms with van der Waals surface area (Å²) in [6.45, 7) is 4.29. The van der Waals surface area contributed by atoms with E-state index >= 15 is 0 Å². The topological polar surface area (TPSA) is 15.3 Å². The van der Waals surface area contributed by atoms with Crippen LogP contribution >= 0.6 is 22.6 Å². The summed E-state index contributed by atoms with van der Waals surface area (Å²) in [5, 5.41) is 2.89. The van der Waals surface area contributed by atoms with Crippen molar-refractivity contribution in [3.8, 4) is 0 Å². The second-order valence-electron chi connectivity index (χ2n) is 4.96. The van der Waals surface area contributed by atoms with E-state index in [0.717, 1.165) is 20.3 Å². The van der Waals surface area contributed by atoms with Crippen LogP contribution in [0.15, 0.2) is 12.1 Å². The van der Waals surface area contributed by atoms with E-state index in [1.165, 1.54) is 4.90 Å². The molecule has 0 unspecified atom stereocenters. The molecule has 0 aliphatic rings. The van der Waals surface area contributed by atoms with Crippen LogP contribution in [0.1, 0.15) is 16.7 Å². The Bertz CT molecular complexity index is 447. The molecular formula is C14H20F3IN2. The van der Waals surface area contributed by atoms with Crippen LogP contribution in [0.2, 0.25) is 0 Å². The Morgan fingerprint density at radius 2 is 1.85 bits per heavy atom. The van der Waals surface area contributed by atoms with Gasteiger partial charge in [-0.3, -0.25) is 4.90 Å². The van der Waals surface area contributed by atoms with Gasteiger partial charge in [0.2, 0.25) is 0 Å². The van der Waals surface area contributed by atoms with Gasteiger partial charge in [0.15, 0.2) is 0 Å². The lowest BCUT2D eigenvalue weighted by Crippen LogP contribution is -2.37. The maximum absolute atomic E-state index is 12.6. The van der Waals surface area contributed by atoms with Gasteiger partial charge in [0.05, 0.1) is 6.54 Å². The summed E-state index contributed by atoms with van der Waals surface area (Å²) < 4.78 is 39.0. The predicted molar refractivity (Wildman–Crippen MR) is 83.9 cm³/mol. The molecule has 0 fully saturated rings. The Labute approximate surface area is 131 Å². The van der Waals surface area contributed by atoms with Crippen molar-refractivity contribution < 1.29 is 13.2 Å². The minimum Gasteiger partial charge on any atom is -0.318 e. The summed E-state index contributed by atoms with van der Waals surface area (Å²) in [5.74, 6) is 0. The number of rotatable bonds is 6. The number of alkyl halides is 3. The van der Waals surface area contributed by atoms with Crippen molar-refractivity contribution >= 4 is 22.6 Å². The average molecular weight is 400 g/mol. The van der Waals surface area contributed by atoms with Gasteiger partial charge in [-0.25, -0.2) is 0 Å². The lowest BCUT2D eigenvalue weighted by molar-refractivity contribution is -0.146. The summed E-state index contributed by atoms with van der Waals surface area (Å²) >= 11 is 2.24. The molecule has 1 N–H and O–H groups in total. The van der Waals surface area contributed by atoms with Crippen molar-refractivity contribution in [3.05, 3.63) is 32.4 Å². The predicted octanol–water partition coefficient (Wildman–Crippen LogP) is 3.49. The Hall–Kier alpha value is -0.340. The molecule has 1 rings (SSSR count). The van der Waals surface area contributed by atoms with E-state index < -0.39 is 12.7 Å². The van der Waals surface area contributed by atoms with Crippen molar-refractivity contribution in [1.82, 2.24) is 10.2 Å². The van der Waals surface area contributed by atoms with Crippen LogP contribution in [-0.4, -0.2) is 37.8 Å². The fraction of sp³-hybridized carbons (Fsp3) is 0.571. The van der Waals surface area contributed by atoms with Gasteiger partial charge < -0.3 is 5.32 Å². The first kappa shape index (κ1) is 17.7. The number of halogens is 4. The maximum atomic E-state index is 12.6. The number of hydrogen-bond acceptors (Lipinski definition) is 2. The molecule has 0 aliphatic carbocycles. The molecule has 6 heteroatoms. The van der Waals surface area contributed by atoms with Gasteiger partial charge in [-0.1, -0.05) is 6.07 Å². The largest absolute Gasteiger partial charge is 0.401 e. The maximum Gasteiger partial charge on any atom is 0.401 e. The van der Waals surface area contributed by atoms with Crippen LogP contribution in [0.5, 0.6) is 0 Å². The SMILES string of the molecule is CNCCN(Cc1cc(C)c(I)cc1C)CC(F)(F)F. The molecular weight excluding hydrogens is 380 g/mol. The smallest absolute Gasteiger partial charge is 0.318 e. The Balaban J connectivity index is 2.85. The van der Waals surface area contributed by atoms with E-state index in [4.69, 9.17) is 0 Å². The highest BCUT2D eigenvalue weighted by atomic mass is 127. The quantitative estimate of drug-likeness (QED) is 0.736. The number of benzene rings is 1. The number of likely N-dealkylation sites (N-methyl/N-ethyl adjacent to an activating group) is 1. The Morgan fingerprint density at radius 3 is 2.40 bits per heavy atom. The average Bonchev–Trinajstić information content (AvgIpc) is 2.31. The molecule has 114 valence electrons. The van der Waals surface area contributed by atoms with E-state index in [1.807, 2.05) is 26.0 Å². The minimum atomic E-state index is -4.17. The first-order valence-electron chi connectivity index (χ1n) is 6.42. The second kappa shape index (κ2) is 7.61. The third kappa shape index (κ3) is 5.97. The molecule has 1 aromatic rings. The van der Waals surface area contributed by atoms with Crippen molar-refractivity contribution in [2.24, 2.45) is 0 Å². The van der Waals surface area contributed by atoms with Crippen molar-refractivity contribution in [2.45, 2.75) is 26.6 Å². The van der Waals surface area contributed by atoms with E-state index in [9.17, 15) is 13.2 Å². The monoisotopic (exact) mass is 400 g/mol. The van der Waals surface area contributed by atoms with Gasteiger partial charge in [-0.2, -0.15) is 13.2 Å². The Kier molecular flexibility index (Phi) is 6.74. The highest BCUT2D eigenvalue weighted by molar-refractivity contribution is 14.1. The van der Waals surface area contributed by atoms with Gasteiger partial charge in [-0.05, 0) is 66.2 Å². The summed E-state index contributed by atoms with van der Waals surface area (Å²) in [6, 6.07) is 4.01. The molecule has 0 radical (unpaired) electrons. The number of nitrogens with zero attached hydrogens (tertiary/aromatic N) is 1. The highest BCUT2D eigenvalue weighted by Gasteiger charge is 2.30. The highest BCUT2D eigenvalue weighted by Crippen LogP contribution is 2.22. The van der Waals surface area contributed by atoms with Crippen LogP contribution < -0.4 is 5.32 Å². The molecule has 0 saturated carbocycles. The summed E-state index contributed by atoms with van der Waals surface area (Å²) in [4.78, 5) is 1.44. The second-order valence-corrected chi connectivity index (χ2v) is 6.12. The number of nitrogens with one attached hydrogen (secondary N) is 1. The number of aryl methyl sites for hydroxylation is 2. The third-order valence-electron chi connectivity index (χ3n) is 3.09. The van der Waals surface area contributed by atoms with Crippen molar-refractivity contribution in [1.29, 1.82) is 0 Å². The van der Waals surface area contributed by atoms with Crippen LogP contribution in [0.25, 0.3) is 0 Å². The van der Waals surface area contributed by atoms with Crippen LogP contribution in [-0.2, 0) is 6.54 Å². The summed E-state index contributed by atoms with van der Waals surface area (Å²) in [6.07, 6.45) is -4.17.